The number of carbonyl (C=O) groups is 2. The van der Waals surface area contributed by atoms with Crippen LogP contribution in [0.25, 0.3) is 0 Å². The van der Waals surface area contributed by atoms with Gasteiger partial charge in [0.25, 0.3) is 5.69 Å². The largest absolute Gasteiger partial charge is 0.459 e. The molecule has 0 amide bonds. The van der Waals surface area contributed by atoms with Crippen molar-refractivity contribution >= 4 is 17.4 Å². The Morgan fingerprint density at radius 1 is 1.07 bits per heavy atom. The molecule has 0 aromatic heterocycles. The van der Waals surface area contributed by atoms with Crippen molar-refractivity contribution in [1.29, 1.82) is 0 Å². The van der Waals surface area contributed by atoms with E-state index in [0.29, 0.717) is 11.1 Å². The van der Waals surface area contributed by atoms with Crippen molar-refractivity contribution in [1.82, 2.24) is 4.90 Å². The number of esters is 1. The summed E-state index contributed by atoms with van der Waals surface area (Å²) in [6, 6.07) is 14.5. The van der Waals surface area contributed by atoms with Gasteiger partial charge in [-0.25, -0.2) is 4.79 Å². The van der Waals surface area contributed by atoms with Crippen LogP contribution in [0.15, 0.2) is 66.7 Å². The molecule has 0 aliphatic carbocycles. The Balaban J connectivity index is 0.000000222. The third kappa shape index (κ3) is 6.63. The van der Waals surface area contributed by atoms with Crippen LogP contribution in [-0.4, -0.2) is 47.8 Å². The van der Waals surface area contributed by atoms with E-state index in [0.717, 1.165) is 25.9 Å². The maximum absolute atomic E-state index is 12.1. The lowest BCUT2D eigenvalue weighted by Gasteiger charge is -2.28. The Morgan fingerprint density at radius 3 is 2.20 bits per heavy atom. The Labute approximate surface area is 176 Å². The minimum atomic E-state index is -0.545. The van der Waals surface area contributed by atoms with E-state index in [1.807, 2.05) is 0 Å². The molecule has 0 bridgehead atoms. The van der Waals surface area contributed by atoms with Gasteiger partial charge in [-0.15, -0.1) is 0 Å². The molecule has 1 saturated heterocycles. The summed E-state index contributed by atoms with van der Waals surface area (Å²) in [7, 11) is 2.08. The molecule has 0 atom stereocenters. The Bertz CT molecular complexity index is 903. The summed E-state index contributed by atoms with van der Waals surface area (Å²) in [5.41, 5.74) is 0.880. The number of likely N-dealkylation sites (tertiary alicyclic amines) is 1. The second kappa shape index (κ2) is 11.0. The summed E-state index contributed by atoms with van der Waals surface area (Å²) < 4.78 is 5.24. The lowest BCUT2D eigenvalue weighted by Crippen LogP contribution is -2.35. The first kappa shape index (κ1) is 23.0. The number of rotatable bonds is 5. The molecule has 1 fully saturated rings. The summed E-state index contributed by atoms with van der Waals surface area (Å²) >= 11 is 0. The number of hydrogen-bond donors (Lipinski definition) is 0. The fraction of sp³-hybridized carbons (Fsp3) is 0.304. The minimum absolute atomic E-state index is 0.0976. The van der Waals surface area contributed by atoms with E-state index in [4.69, 9.17) is 4.74 Å². The maximum atomic E-state index is 12.1. The highest BCUT2D eigenvalue weighted by Crippen LogP contribution is 2.21. The van der Waals surface area contributed by atoms with Crippen LogP contribution in [0, 0.1) is 10.1 Å². The molecule has 158 valence electrons. The number of benzene rings is 2. The first-order valence-electron chi connectivity index (χ1n) is 9.67. The van der Waals surface area contributed by atoms with Crippen LogP contribution in [0.1, 0.15) is 35.7 Å². The summed E-state index contributed by atoms with van der Waals surface area (Å²) in [6.07, 6.45) is 1.98. The molecule has 0 unspecified atom stereocenters. The van der Waals surface area contributed by atoms with Crippen molar-refractivity contribution < 1.29 is 19.2 Å². The van der Waals surface area contributed by atoms with E-state index in [9.17, 15) is 19.7 Å². The van der Waals surface area contributed by atoms with Crippen molar-refractivity contribution in [2.75, 3.05) is 20.1 Å². The summed E-state index contributed by atoms with van der Waals surface area (Å²) in [5.74, 6) is -0.590. The zero-order valence-electron chi connectivity index (χ0n) is 17.2. The third-order valence-corrected chi connectivity index (χ3v) is 4.67. The number of nitro benzene ring substituents is 1. The highest BCUT2D eigenvalue weighted by molar-refractivity contribution is 6.11. The lowest BCUT2D eigenvalue weighted by molar-refractivity contribution is -0.385. The second-order valence-electron chi connectivity index (χ2n) is 7.16. The van der Waals surface area contributed by atoms with Gasteiger partial charge in [0.1, 0.15) is 11.7 Å². The van der Waals surface area contributed by atoms with Gasteiger partial charge in [0.15, 0.2) is 5.78 Å². The highest BCUT2D eigenvalue weighted by atomic mass is 16.6. The molecule has 2 aromatic carbocycles. The van der Waals surface area contributed by atoms with Crippen molar-refractivity contribution in [2.45, 2.75) is 25.9 Å². The quantitative estimate of drug-likeness (QED) is 0.243. The molecule has 1 aliphatic rings. The Morgan fingerprint density at radius 2 is 1.63 bits per heavy atom. The average molecular weight is 410 g/mol. The standard InChI is InChI=1S/C13H9NO3.C10H17NO2/c15-13(10-6-2-1-3-7-10)11-8-4-5-9-12(11)14(16)17;1-8(2)10(12)13-9-4-6-11(3)7-5-9/h1-9H;9H,1,4-7H2,2-3H3. The average Bonchev–Trinajstić information content (AvgIpc) is 2.75. The molecule has 1 aliphatic heterocycles. The third-order valence-electron chi connectivity index (χ3n) is 4.67. The number of ketones is 1. The van der Waals surface area contributed by atoms with E-state index < -0.39 is 4.92 Å². The van der Waals surface area contributed by atoms with E-state index in [2.05, 4.69) is 18.5 Å². The SMILES string of the molecule is C=C(C)C(=O)OC1CCN(C)CC1.O=C(c1ccccc1)c1ccccc1[N+](=O)[O-]. The van der Waals surface area contributed by atoms with Crippen LogP contribution < -0.4 is 0 Å². The summed E-state index contributed by atoms with van der Waals surface area (Å²) in [4.78, 5) is 35.7. The van der Waals surface area contributed by atoms with Crippen molar-refractivity contribution in [2.24, 2.45) is 0 Å². The predicted octanol–water partition coefficient (Wildman–Crippen LogP) is 4.03. The zero-order valence-corrected chi connectivity index (χ0v) is 17.2. The second-order valence-corrected chi connectivity index (χ2v) is 7.16. The highest BCUT2D eigenvalue weighted by Gasteiger charge is 2.21. The van der Waals surface area contributed by atoms with Gasteiger partial charge in [-0.3, -0.25) is 14.9 Å². The molecular weight excluding hydrogens is 384 g/mol. The minimum Gasteiger partial charge on any atom is -0.459 e. The van der Waals surface area contributed by atoms with Crippen LogP contribution in [0.4, 0.5) is 5.69 Å². The fourth-order valence-electron chi connectivity index (χ4n) is 2.92. The van der Waals surface area contributed by atoms with Crippen LogP contribution in [0.3, 0.4) is 0 Å². The van der Waals surface area contributed by atoms with E-state index in [-0.39, 0.29) is 29.1 Å². The van der Waals surface area contributed by atoms with Gasteiger partial charge in [-0.05, 0) is 32.9 Å². The van der Waals surface area contributed by atoms with Crippen molar-refractivity contribution in [3.63, 3.8) is 0 Å². The smallest absolute Gasteiger partial charge is 0.333 e. The van der Waals surface area contributed by atoms with Gasteiger partial charge in [0.2, 0.25) is 0 Å². The van der Waals surface area contributed by atoms with Gasteiger partial charge >= 0.3 is 5.97 Å². The zero-order chi connectivity index (χ0) is 22.1. The molecule has 7 heteroatoms. The number of nitro groups is 1. The van der Waals surface area contributed by atoms with Gasteiger partial charge in [0.05, 0.1) is 4.92 Å². The fourth-order valence-corrected chi connectivity index (χ4v) is 2.92. The van der Waals surface area contributed by atoms with Gasteiger partial charge in [-0.2, -0.15) is 0 Å². The summed E-state index contributed by atoms with van der Waals surface area (Å²) in [6.45, 7) is 7.24. The number of piperidine rings is 1. The summed E-state index contributed by atoms with van der Waals surface area (Å²) in [5, 5.41) is 10.8. The maximum Gasteiger partial charge on any atom is 0.333 e. The lowest BCUT2D eigenvalue weighted by atomic mass is 10.0. The van der Waals surface area contributed by atoms with Crippen molar-refractivity contribution in [3.8, 4) is 0 Å². The molecule has 0 saturated carbocycles. The molecule has 30 heavy (non-hydrogen) atoms. The van der Waals surface area contributed by atoms with Crippen LogP contribution >= 0.6 is 0 Å². The first-order chi connectivity index (χ1) is 14.3. The normalized spacial score (nSPS) is 14.2. The van der Waals surface area contributed by atoms with Gasteiger partial charge < -0.3 is 9.64 Å². The molecule has 0 N–H and O–H groups in total. The number of nitrogens with zero attached hydrogens (tertiary/aromatic N) is 2. The van der Waals surface area contributed by atoms with Crippen molar-refractivity contribution in [3.05, 3.63) is 88.0 Å². The molecule has 0 spiro atoms. The Kier molecular flexibility index (Phi) is 8.43. The molecule has 2 aromatic rings. The molecular formula is C23H26N2O5. The van der Waals surface area contributed by atoms with Gasteiger partial charge in [-0.1, -0.05) is 49.0 Å². The van der Waals surface area contributed by atoms with E-state index in [1.165, 1.54) is 12.1 Å². The van der Waals surface area contributed by atoms with E-state index in [1.54, 1.807) is 49.4 Å². The van der Waals surface area contributed by atoms with Gasteiger partial charge in [0, 0.05) is 30.3 Å². The number of para-hydroxylation sites is 1. The molecule has 0 radical (unpaired) electrons. The topological polar surface area (TPSA) is 89.8 Å². The van der Waals surface area contributed by atoms with E-state index >= 15 is 0 Å². The van der Waals surface area contributed by atoms with Crippen LogP contribution in [0.2, 0.25) is 0 Å². The predicted molar refractivity (Wildman–Crippen MR) is 114 cm³/mol. The molecule has 1 heterocycles. The number of ether oxygens (including phenoxy) is 1. The monoisotopic (exact) mass is 410 g/mol. The first-order valence-corrected chi connectivity index (χ1v) is 9.67. The molecule has 7 nitrogen and oxygen atoms in total. The number of hydrogen-bond acceptors (Lipinski definition) is 6. The molecule has 3 rings (SSSR count). The Hall–Kier alpha value is -3.32. The number of carbonyl (C=O) groups excluding carboxylic acids is 2. The van der Waals surface area contributed by atoms with Crippen LogP contribution in [0.5, 0.6) is 0 Å². The van der Waals surface area contributed by atoms with Crippen LogP contribution in [-0.2, 0) is 9.53 Å².